The second kappa shape index (κ2) is 32.5. The van der Waals surface area contributed by atoms with Gasteiger partial charge in [-0.05, 0) is 164 Å². The lowest BCUT2D eigenvalue weighted by Crippen LogP contribution is -1.97. The van der Waals surface area contributed by atoms with Crippen LogP contribution in [0.15, 0.2) is 453 Å². The second-order valence-corrected chi connectivity index (χ2v) is 39.9. The maximum atomic E-state index is 6.30. The fraction of sp³-hybridized carbons (Fsp3) is 0. The van der Waals surface area contributed by atoms with Gasteiger partial charge < -0.3 is 22.7 Å². The number of para-hydroxylation sites is 6. The third kappa shape index (κ3) is 12.9. The molecule has 0 amide bonds. The molecule has 0 spiro atoms. The van der Waals surface area contributed by atoms with E-state index in [0.717, 1.165) is 154 Å². The van der Waals surface area contributed by atoms with Crippen LogP contribution in [0.3, 0.4) is 0 Å². The van der Waals surface area contributed by atoms with Crippen LogP contribution in [0.2, 0.25) is 0 Å². The number of hydrogen-bond donors (Lipinski definition) is 0. The Hall–Kier alpha value is -17.7. The fourth-order valence-electron chi connectivity index (χ4n) is 21.6. The van der Waals surface area contributed by atoms with Crippen LogP contribution < -0.4 is 0 Å². The number of rotatable bonds is 10. The Labute approximate surface area is 821 Å². The van der Waals surface area contributed by atoms with E-state index in [0.29, 0.717) is 0 Å². The van der Waals surface area contributed by atoms with Gasteiger partial charge in [0.1, 0.15) is 25.7 Å². The summed E-state index contributed by atoms with van der Waals surface area (Å²) in [5.41, 5.74) is 25.0. The Balaban J connectivity index is 0.000000102. The van der Waals surface area contributed by atoms with Crippen molar-refractivity contribution in [1.82, 2.24) is 48.2 Å². The number of thiophene rings is 4. The largest absolute Gasteiger partial charge is 0.456 e. The molecule has 12 heterocycles. The van der Waals surface area contributed by atoms with E-state index in [9.17, 15) is 0 Å². The lowest BCUT2D eigenvalue weighted by molar-refractivity contribution is 0.669. The Kier molecular flexibility index (Phi) is 18.6. The summed E-state index contributed by atoms with van der Waals surface area (Å²) < 4.78 is 22.2. The molecule has 0 N–H and O–H groups in total. The molecule has 31 rings (SSSR count). The lowest BCUT2D eigenvalue weighted by Gasteiger charge is -2.11. The number of fused-ring (bicyclic) bond motifs is 30. The van der Waals surface area contributed by atoms with Crippen LogP contribution >= 0.6 is 45.3 Å². The summed E-state index contributed by atoms with van der Waals surface area (Å²) in [5.74, 6) is 2.20. The average molecular weight is 1870 g/mol. The first-order chi connectivity index (χ1) is 69.9. The number of aromatic nitrogens is 10. The molecule has 11 nitrogen and oxygen atoms in total. The summed E-state index contributed by atoms with van der Waals surface area (Å²) >= 11 is 7.05. The van der Waals surface area contributed by atoms with Gasteiger partial charge in [0.2, 0.25) is 0 Å². The molecule has 658 valence electrons. The third-order valence-corrected chi connectivity index (χ3v) is 32.2. The zero-order valence-corrected chi connectivity index (χ0v) is 78.5. The third-order valence-electron chi connectivity index (χ3n) is 27.8. The average Bonchev–Trinajstić information content (AvgIpc) is 1.53. The van der Waals surface area contributed by atoms with Gasteiger partial charge in [0.05, 0.1) is 66.6 Å². The van der Waals surface area contributed by atoms with Crippen LogP contribution in [0.1, 0.15) is 0 Å². The highest BCUT2D eigenvalue weighted by Crippen LogP contribution is 2.50. The minimum atomic E-state index is 0.727. The SMILES string of the molecule is c1ccc(-c2nc(-c3ccc(-n4c5ccccc5c5ccc6c(c7ccccc7n6-c6ccccc6)c54)cc3)nc3sc4ccccc4c23)cc1.c1ccc(-c2nc(-c3ccc(-n4c5ccccc5c5ccc6oc7ccccc7c6c54)cc3)nc3sc4ccccc4c23)cc1.c1ccc(-c2nc(-c3ccc(-n4c5ccccc5c5ccc6sc7ccccc7c6c54)cc3)nc3sc4ccccc4c23)cc1. The molecule has 31 aromatic rings. The van der Waals surface area contributed by atoms with Crippen molar-refractivity contribution >= 4 is 236 Å². The molecule has 0 fully saturated rings. The molecule has 0 aliphatic heterocycles. The van der Waals surface area contributed by atoms with Crippen molar-refractivity contribution in [2.75, 3.05) is 0 Å². The summed E-state index contributed by atoms with van der Waals surface area (Å²) in [4.78, 5) is 34.1. The molecular weight excluding hydrogens is 1800 g/mol. The molecule has 0 atom stereocenters. The highest BCUT2D eigenvalue weighted by atomic mass is 32.1. The van der Waals surface area contributed by atoms with Crippen molar-refractivity contribution in [2.24, 2.45) is 0 Å². The summed E-state index contributed by atoms with van der Waals surface area (Å²) in [5, 5.41) is 21.8. The van der Waals surface area contributed by atoms with E-state index in [2.05, 4.69) is 449 Å². The maximum Gasteiger partial charge on any atom is 0.161 e. The molecule has 15 heteroatoms. The molecule has 141 heavy (non-hydrogen) atoms. The Morgan fingerprint density at radius 1 is 0.163 bits per heavy atom. The van der Waals surface area contributed by atoms with Crippen molar-refractivity contribution in [1.29, 1.82) is 0 Å². The quantitative estimate of drug-likeness (QED) is 0.134. The predicted octanol–water partition coefficient (Wildman–Crippen LogP) is 35.2. The van der Waals surface area contributed by atoms with Gasteiger partial charge in [-0.2, -0.15) is 0 Å². The fourth-order valence-corrected chi connectivity index (χ4v) is 26.0. The monoisotopic (exact) mass is 1870 g/mol. The standard InChI is InChI=1S/C46H28N4S.C40H23N3OS.C40H23N3S2/c1-3-13-29(14-4-1)43-42-36-19-9-12-22-40(36)51-46(42)48-45(47-43)30-23-25-32(26-24-30)50-37-20-10-7-17-33(37)34-27-28-39-41(44(34)50)35-18-8-11-21-38(35)49(39)31-15-5-2-6-16-31;1-2-10-24(11-3-1)37-36-30-14-6-9-17-34(30)45-40(36)42-39(41-37)25-18-20-26(21-19-25)43-31-15-7-4-12-27(31)28-22-23-33-35(38(28)43)29-13-5-8-16-32(29)44-33;1-2-10-24(11-3-1)37-36-30-14-6-9-17-33(30)45-40(36)42-39(41-37)25-18-20-26(21-19-25)43-31-15-7-4-12-27(31)28-22-23-34-35(38(28)43)29-13-5-8-16-32(29)44-34/h1-28H;2*1-23H. The van der Waals surface area contributed by atoms with E-state index in [1.54, 1.807) is 34.0 Å². The zero-order valence-electron chi connectivity index (χ0n) is 75.2. The van der Waals surface area contributed by atoms with E-state index < -0.39 is 0 Å². The van der Waals surface area contributed by atoms with Crippen molar-refractivity contribution in [3.05, 3.63) is 449 Å². The van der Waals surface area contributed by atoms with E-state index in [4.69, 9.17) is 34.3 Å². The van der Waals surface area contributed by atoms with Gasteiger partial charge in [-0.1, -0.05) is 285 Å². The number of benzene rings is 19. The highest BCUT2D eigenvalue weighted by molar-refractivity contribution is 7.27. The first kappa shape index (κ1) is 80.6. The summed E-state index contributed by atoms with van der Waals surface area (Å²) in [6, 6.07) is 159. The molecule has 0 bridgehead atoms. The van der Waals surface area contributed by atoms with E-state index in [1.165, 1.54) is 127 Å². The van der Waals surface area contributed by atoms with Gasteiger partial charge in [0.15, 0.2) is 17.5 Å². The molecular formula is C126H74N10OS4. The summed E-state index contributed by atoms with van der Waals surface area (Å²) in [6.45, 7) is 0. The second-order valence-electron chi connectivity index (χ2n) is 35.7. The van der Waals surface area contributed by atoms with Crippen molar-refractivity contribution in [3.8, 4) is 90.7 Å². The van der Waals surface area contributed by atoms with Gasteiger partial charge in [0.25, 0.3) is 0 Å². The van der Waals surface area contributed by atoms with Gasteiger partial charge in [-0.15, -0.1) is 45.3 Å². The smallest absolute Gasteiger partial charge is 0.161 e. The Bertz CT molecular complexity index is 10100. The van der Waals surface area contributed by atoms with Crippen LogP contribution in [0, 0.1) is 0 Å². The van der Waals surface area contributed by atoms with Crippen molar-refractivity contribution < 1.29 is 4.42 Å². The summed E-state index contributed by atoms with van der Waals surface area (Å²) in [6.07, 6.45) is 0. The van der Waals surface area contributed by atoms with Gasteiger partial charge in [-0.3, -0.25) is 0 Å². The maximum absolute atomic E-state index is 6.30. The molecule has 0 aliphatic rings. The molecule has 0 aliphatic carbocycles. The molecule has 0 saturated carbocycles. The number of hydrogen-bond acceptors (Lipinski definition) is 11. The number of nitrogens with zero attached hydrogens (tertiary/aromatic N) is 10. The van der Waals surface area contributed by atoms with Crippen molar-refractivity contribution in [2.45, 2.75) is 0 Å². The van der Waals surface area contributed by atoms with E-state index in [-0.39, 0.29) is 0 Å². The first-order valence-electron chi connectivity index (χ1n) is 47.2. The summed E-state index contributed by atoms with van der Waals surface area (Å²) in [7, 11) is 0. The Morgan fingerprint density at radius 2 is 0.468 bits per heavy atom. The van der Waals surface area contributed by atoms with E-state index >= 15 is 0 Å². The van der Waals surface area contributed by atoms with Gasteiger partial charge >= 0.3 is 0 Å². The van der Waals surface area contributed by atoms with E-state index in [1.807, 2.05) is 29.5 Å². The highest BCUT2D eigenvalue weighted by Gasteiger charge is 2.28. The molecule has 0 unspecified atom stereocenters. The molecule has 12 aromatic heterocycles. The number of furan rings is 1. The van der Waals surface area contributed by atoms with Crippen LogP contribution in [0.25, 0.3) is 281 Å². The normalized spacial score (nSPS) is 12.0. The topological polar surface area (TPSA) is 110 Å². The van der Waals surface area contributed by atoms with Crippen LogP contribution in [-0.2, 0) is 0 Å². The minimum absolute atomic E-state index is 0.727. The first-order valence-corrected chi connectivity index (χ1v) is 50.5. The van der Waals surface area contributed by atoms with Gasteiger partial charge in [0, 0.05) is 171 Å². The van der Waals surface area contributed by atoms with Crippen molar-refractivity contribution in [3.63, 3.8) is 0 Å². The van der Waals surface area contributed by atoms with Crippen LogP contribution in [0.4, 0.5) is 0 Å². The molecule has 0 saturated heterocycles. The zero-order chi connectivity index (χ0) is 92.4. The minimum Gasteiger partial charge on any atom is -0.456 e. The predicted molar refractivity (Wildman–Crippen MR) is 595 cm³/mol. The van der Waals surface area contributed by atoms with Gasteiger partial charge in [-0.25, -0.2) is 29.9 Å². The Morgan fingerprint density at radius 3 is 0.887 bits per heavy atom. The lowest BCUT2D eigenvalue weighted by atomic mass is 10.1. The van der Waals surface area contributed by atoms with Crippen LogP contribution in [0.5, 0.6) is 0 Å². The van der Waals surface area contributed by atoms with Crippen LogP contribution in [-0.4, -0.2) is 48.2 Å². The molecule has 0 radical (unpaired) electrons. The molecule has 19 aromatic carbocycles.